The number of benzene rings is 1. The van der Waals surface area contributed by atoms with Crippen molar-refractivity contribution < 1.29 is 27.4 Å². The van der Waals surface area contributed by atoms with Crippen LogP contribution in [0, 0.1) is 5.82 Å². The van der Waals surface area contributed by atoms with Gasteiger partial charge in [-0.25, -0.2) is 17.6 Å². The summed E-state index contributed by atoms with van der Waals surface area (Å²) in [6.45, 7) is 0. The van der Waals surface area contributed by atoms with Crippen molar-refractivity contribution in [2.24, 2.45) is 0 Å². The fraction of sp³-hybridized carbons (Fsp3) is 0.0833. The number of nitrogens with one attached hydrogen (secondary N) is 1. The van der Waals surface area contributed by atoms with Crippen molar-refractivity contribution in [1.82, 2.24) is 0 Å². The van der Waals surface area contributed by atoms with E-state index in [1.807, 2.05) is 0 Å². The van der Waals surface area contributed by atoms with Crippen LogP contribution in [-0.2, 0) is 10.0 Å². The molecule has 1 heterocycles. The fourth-order valence-electron chi connectivity index (χ4n) is 1.57. The predicted octanol–water partition coefficient (Wildman–Crippen LogP) is 2.39. The van der Waals surface area contributed by atoms with Crippen LogP contribution in [0.3, 0.4) is 0 Å². The number of ether oxygens (including phenoxy) is 1. The SMILES string of the molecule is COc1ccc(S(=O)(=O)Nc2ccsc2C(=O)O)cc1F. The Morgan fingerprint density at radius 3 is 2.67 bits per heavy atom. The lowest BCUT2D eigenvalue weighted by molar-refractivity contribution is 0.0703. The summed E-state index contributed by atoms with van der Waals surface area (Å²) in [5.41, 5.74) is -0.0660. The molecule has 0 fully saturated rings. The van der Waals surface area contributed by atoms with Gasteiger partial charge in [0.1, 0.15) is 4.88 Å². The molecule has 1 aromatic carbocycles. The molecule has 0 radical (unpaired) electrons. The first kappa shape index (κ1) is 15.3. The summed E-state index contributed by atoms with van der Waals surface area (Å²) in [7, 11) is -2.83. The molecule has 0 amide bonds. The molecule has 0 aliphatic heterocycles. The number of halogens is 1. The highest BCUT2D eigenvalue weighted by Gasteiger charge is 2.20. The summed E-state index contributed by atoms with van der Waals surface area (Å²) in [4.78, 5) is 10.5. The molecule has 0 saturated heterocycles. The molecule has 0 atom stereocenters. The number of rotatable bonds is 5. The molecule has 2 N–H and O–H groups in total. The van der Waals surface area contributed by atoms with E-state index in [2.05, 4.69) is 4.72 Å². The van der Waals surface area contributed by atoms with Gasteiger partial charge < -0.3 is 9.84 Å². The zero-order valence-corrected chi connectivity index (χ0v) is 12.3. The molecule has 112 valence electrons. The lowest BCUT2D eigenvalue weighted by Gasteiger charge is -2.09. The van der Waals surface area contributed by atoms with Crippen LogP contribution in [0.15, 0.2) is 34.5 Å². The highest BCUT2D eigenvalue weighted by molar-refractivity contribution is 7.92. The van der Waals surface area contributed by atoms with Gasteiger partial charge in [-0.1, -0.05) is 0 Å². The fourth-order valence-corrected chi connectivity index (χ4v) is 3.41. The van der Waals surface area contributed by atoms with Crippen LogP contribution in [0.1, 0.15) is 9.67 Å². The lowest BCUT2D eigenvalue weighted by Crippen LogP contribution is -2.14. The molecule has 1 aromatic heterocycles. The molecule has 6 nitrogen and oxygen atoms in total. The van der Waals surface area contributed by atoms with Crippen LogP contribution in [-0.4, -0.2) is 26.6 Å². The standard InChI is InChI=1S/C12H10FNO5S2/c1-19-10-3-2-7(6-8(10)13)21(17,18)14-9-4-5-20-11(9)12(15)16/h2-6,14H,1H3,(H,15,16). The van der Waals surface area contributed by atoms with Gasteiger partial charge in [-0.3, -0.25) is 4.72 Å². The number of hydrogen-bond donors (Lipinski definition) is 2. The molecule has 9 heteroatoms. The molecule has 2 rings (SSSR count). The maximum Gasteiger partial charge on any atom is 0.348 e. The van der Waals surface area contributed by atoms with E-state index in [0.717, 1.165) is 23.5 Å². The molecule has 0 saturated carbocycles. The largest absolute Gasteiger partial charge is 0.494 e. The first-order chi connectivity index (χ1) is 9.85. The molecule has 0 aliphatic rings. The summed E-state index contributed by atoms with van der Waals surface area (Å²) in [6.07, 6.45) is 0. The van der Waals surface area contributed by atoms with Gasteiger partial charge in [0, 0.05) is 0 Å². The summed E-state index contributed by atoms with van der Waals surface area (Å²) in [5, 5.41) is 10.4. The third-order valence-electron chi connectivity index (χ3n) is 2.54. The maximum absolute atomic E-state index is 13.6. The molecule has 0 spiro atoms. The average molecular weight is 331 g/mol. The minimum atomic E-state index is -4.09. The van der Waals surface area contributed by atoms with E-state index in [1.165, 1.54) is 24.6 Å². The Hall–Kier alpha value is -2.13. The maximum atomic E-state index is 13.6. The van der Waals surface area contributed by atoms with Crippen LogP contribution < -0.4 is 9.46 Å². The zero-order valence-electron chi connectivity index (χ0n) is 10.7. The van der Waals surface area contributed by atoms with Crippen molar-refractivity contribution in [1.29, 1.82) is 0 Å². The van der Waals surface area contributed by atoms with Crippen LogP contribution in [0.4, 0.5) is 10.1 Å². The Morgan fingerprint density at radius 1 is 1.38 bits per heavy atom. The van der Waals surface area contributed by atoms with Crippen LogP contribution in [0.2, 0.25) is 0 Å². The van der Waals surface area contributed by atoms with Gasteiger partial charge in [-0.15, -0.1) is 11.3 Å². The van der Waals surface area contributed by atoms with Crippen molar-refractivity contribution >= 4 is 33.0 Å². The summed E-state index contributed by atoms with van der Waals surface area (Å²) < 4.78 is 44.6. The van der Waals surface area contributed by atoms with Gasteiger partial charge in [0.25, 0.3) is 10.0 Å². The first-order valence-electron chi connectivity index (χ1n) is 5.52. The number of sulfonamides is 1. The Balaban J connectivity index is 2.36. The zero-order chi connectivity index (χ0) is 15.6. The average Bonchev–Trinajstić information content (AvgIpc) is 2.86. The van der Waals surface area contributed by atoms with Gasteiger partial charge in [-0.2, -0.15) is 0 Å². The normalized spacial score (nSPS) is 11.1. The number of aromatic carboxylic acids is 1. The Morgan fingerprint density at radius 2 is 2.10 bits per heavy atom. The third-order valence-corrected chi connectivity index (χ3v) is 4.80. The van der Waals surface area contributed by atoms with E-state index in [9.17, 15) is 17.6 Å². The third kappa shape index (κ3) is 3.14. The quantitative estimate of drug-likeness (QED) is 0.877. The van der Waals surface area contributed by atoms with Crippen LogP contribution in [0.5, 0.6) is 5.75 Å². The van der Waals surface area contributed by atoms with Gasteiger partial charge in [-0.05, 0) is 29.6 Å². The Labute approximate surface area is 123 Å². The minimum Gasteiger partial charge on any atom is -0.494 e. The molecular formula is C12H10FNO5S2. The lowest BCUT2D eigenvalue weighted by atomic mass is 10.3. The number of carboxylic acid groups (broad SMARTS) is 1. The monoisotopic (exact) mass is 331 g/mol. The van der Waals surface area contributed by atoms with Gasteiger partial charge >= 0.3 is 5.97 Å². The molecule has 0 bridgehead atoms. The van der Waals surface area contributed by atoms with Crippen molar-refractivity contribution in [2.45, 2.75) is 4.90 Å². The second-order valence-electron chi connectivity index (χ2n) is 3.87. The molecule has 0 unspecified atom stereocenters. The highest BCUT2D eigenvalue weighted by Crippen LogP contribution is 2.26. The number of hydrogen-bond acceptors (Lipinski definition) is 5. The smallest absolute Gasteiger partial charge is 0.348 e. The summed E-state index contributed by atoms with van der Waals surface area (Å²) >= 11 is 0.882. The Bertz CT molecular complexity index is 785. The number of carboxylic acids is 1. The molecule has 2 aromatic rings. The number of methoxy groups -OCH3 is 1. The minimum absolute atomic E-state index is 0.0660. The van der Waals surface area contributed by atoms with E-state index >= 15 is 0 Å². The van der Waals surface area contributed by atoms with E-state index in [-0.39, 0.29) is 21.2 Å². The number of carbonyl (C=O) groups is 1. The summed E-state index contributed by atoms with van der Waals surface area (Å²) in [6, 6.07) is 4.46. The van der Waals surface area contributed by atoms with E-state index < -0.39 is 21.8 Å². The topological polar surface area (TPSA) is 92.7 Å². The van der Waals surface area contributed by atoms with E-state index in [1.54, 1.807) is 0 Å². The van der Waals surface area contributed by atoms with Crippen molar-refractivity contribution in [3.05, 3.63) is 40.3 Å². The van der Waals surface area contributed by atoms with Crippen molar-refractivity contribution in [2.75, 3.05) is 11.8 Å². The van der Waals surface area contributed by atoms with Crippen LogP contribution in [0.25, 0.3) is 0 Å². The van der Waals surface area contributed by atoms with Gasteiger partial charge in [0.15, 0.2) is 11.6 Å². The highest BCUT2D eigenvalue weighted by atomic mass is 32.2. The second-order valence-corrected chi connectivity index (χ2v) is 6.47. The molecule has 21 heavy (non-hydrogen) atoms. The van der Waals surface area contributed by atoms with Crippen molar-refractivity contribution in [3.63, 3.8) is 0 Å². The van der Waals surface area contributed by atoms with E-state index in [0.29, 0.717) is 0 Å². The molecular weight excluding hydrogens is 321 g/mol. The summed E-state index contributed by atoms with van der Waals surface area (Å²) in [5.74, 6) is -2.16. The van der Waals surface area contributed by atoms with Crippen molar-refractivity contribution in [3.8, 4) is 5.75 Å². The number of thiophene rings is 1. The number of anilines is 1. The van der Waals surface area contributed by atoms with Gasteiger partial charge in [0.2, 0.25) is 0 Å². The van der Waals surface area contributed by atoms with E-state index in [4.69, 9.17) is 9.84 Å². The second kappa shape index (κ2) is 5.70. The molecule has 0 aliphatic carbocycles. The first-order valence-corrected chi connectivity index (χ1v) is 7.88. The van der Waals surface area contributed by atoms with Crippen LogP contribution >= 0.6 is 11.3 Å². The predicted molar refractivity (Wildman–Crippen MR) is 75.0 cm³/mol. The Kier molecular flexibility index (Phi) is 4.14. The van der Waals surface area contributed by atoms with Gasteiger partial charge in [0.05, 0.1) is 17.7 Å².